The zero-order valence-electron chi connectivity index (χ0n) is 22.6. The summed E-state index contributed by atoms with van der Waals surface area (Å²) in [5.74, 6) is -2.24. The molecule has 1 aromatic heterocycles. The first-order valence-electron chi connectivity index (χ1n) is 13.6. The highest BCUT2D eigenvalue weighted by Crippen LogP contribution is 2.60. The summed E-state index contributed by atoms with van der Waals surface area (Å²) >= 11 is 3.66. The van der Waals surface area contributed by atoms with Gasteiger partial charge in [-0.3, -0.25) is 14.4 Å². The van der Waals surface area contributed by atoms with E-state index in [1.54, 1.807) is 35.9 Å². The number of likely N-dealkylation sites (tertiary alicyclic amines) is 1. The van der Waals surface area contributed by atoms with Gasteiger partial charge in [0.2, 0.25) is 17.7 Å². The third-order valence-electron chi connectivity index (χ3n) is 8.27. The van der Waals surface area contributed by atoms with Gasteiger partial charge in [0.1, 0.15) is 29.6 Å². The third kappa shape index (κ3) is 4.46. The lowest BCUT2D eigenvalue weighted by molar-refractivity contribution is -0.144. The molecule has 216 valence electrons. The van der Waals surface area contributed by atoms with Gasteiger partial charge in [-0.25, -0.2) is 4.68 Å². The highest BCUT2D eigenvalue weighted by molar-refractivity contribution is 9.09. The number of aliphatic hydroxyl groups excluding tert-OH is 1. The standard InChI is InChI=1S/C28H31BrN6O6/c1-3-40-17-10-8-16(9-11-17)31-25(37)21-22-27(39)35(15(2)13-36)24(28(22)12-18(29)23(21)41-28)26(38)30-14-34-20-7-5-4-6-19(20)32-33-34/h4-11,15,18,21-24,36H,3,12-14H2,1-2H3,(H,30,38)(H,31,37)/t15-,18?,21-,22+,23-,24?,28?/m1/s1. The maximum absolute atomic E-state index is 14.0. The predicted molar refractivity (Wildman–Crippen MR) is 151 cm³/mol. The number of anilines is 1. The number of rotatable bonds is 9. The molecule has 2 bridgehead atoms. The summed E-state index contributed by atoms with van der Waals surface area (Å²) in [7, 11) is 0. The number of nitrogens with zero attached hydrogens (tertiary/aromatic N) is 4. The van der Waals surface area contributed by atoms with Gasteiger partial charge >= 0.3 is 0 Å². The second-order valence-electron chi connectivity index (χ2n) is 10.7. The number of carbonyl (C=O) groups excluding carboxylic acids is 3. The lowest BCUT2D eigenvalue weighted by atomic mass is 9.70. The molecule has 3 unspecified atom stereocenters. The van der Waals surface area contributed by atoms with Gasteiger partial charge in [-0.15, -0.1) is 5.10 Å². The number of ether oxygens (including phenoxy) is 2. The number of halogens is 1. The summed E-state index contributed by atoms with van der Waals surface area (Å²) in [6.07, 6.45) is -0.243. The Balaban J connectivity index is 1.28. The van der Waals surface area contributed by atoms with Crippen LogP contribution in [0.15, 0.2) is 48.5 Å². The second kappa shape index (κ2) is 10.7. The van der Waals surface area contributed by atoms with Crippen LogP contribution < -0.4 is 15.4 Å². The number of hydrogen-bond acceptors (Lipinski definition) is 8. The first kappa shape index (κ1) is 27.6. The van der Waals surface area contributed by atoms with Crippen molar-refractivity contribution in [2.45, 2.75) is 55.6 Å². The first-order chi connectivity index (χ1) is 19.8. The SMILES string of the molecule is CCOc1ccc(NC(=O)[C@H]2[C@@H]3OC4(CC3Br)C(C(=O)NCn3nnc5ccccc53)N([C@H](C)CO)C(=O)[C@H]24)cc1. The zero-order chi connectivity index (χ0) is 28.9. The number of benzene rings is 2. The fraction of sp³-hybridized carbons (Fsp3) is 0.464. The van der Waals surface area contributed by atoms with Gasteiger partial charge < -0.3 is 30.1 Å². The van der Waals surface area contributed by atoms with Crippen LogP contribution in [-0.2, 0) is 25.8 Å². The quantitative estimate of drug-likeness (QED) is 0.304. The van der Waals surface area contributed by atoms with E-state index in [0.717, 1.165) is 5.52 Å². The van der Waals surface area contributed by atoms with E-state index in [0.29, 0.717) is 30.0 Å². The number of carbonyl (C=O) groups is 3. The van der Waals surface area contributed by atoms with Gasteiger partial charge in [0.15, 0.2) is 0 Å². The number of nitrogens with one attached hydrogen (secondary N) is 2. The van der Waals surface area contributed by atoms with Crippen molar-refractivity contribution >= 4 is 50.4 Å². The Morgan fingerprint density at radius 1 is 1.22 bits per heavy atom. The highest BCUT2D eigenvalue weighted by atomic mass is 79.9. The molecular formula is C28H31BrN6O6. The van der Waals surface area contributed by atoms with Gasteiger partial charge in [-0.05, 0) is 56.7 Å². The fourth-order valence-corrected chi connectivity index (χ4v) is 7.48. The average molecular weight is 627 g/mol. The normalized spacial score (nSPS) is 29.0. The molecular weight excluding hydrogens is 596 g/mol. The summed E-state index contributed by atoms with van der Waals surface area (Å²) in [5.41, 5.74) is 0.751. The van der Waals surface area contributed by atoms with Crippen molar-refractivity contribution in [3.63, 3.8) is 0 Å². The summed E-state index contributed by atoms with van der Waals surface area (Å²) < 4.78 is 13.5. The first-order valence-corrected chi connectivity index (χ1v) is 14.5. The summed E-state index contributed by atoms with van der Waals surface area (Å²) in [6, 6.07) is 12.6. The largest absolute Gasteiger partial charge is 0.494 e. The topological polar surface area (TPSA) is 148 Å². The number of hydrogen-bond donors (Lipinski definition) is 3. The van der Waals surface area contributed by atoms with E-state index in [4.69, 9.17) is 9.47 Å². The lowest BCUT2D eigenvalue weighted by Crippen LogP contribution is -2.57. The molecule has 3 N–H and O–H groups in total. The van der Waals surface area contributed by atoms with E-state index in [2.05, 4.69) is 36.9 Å². The Kier molecular flexibility index (Phi) is 7.20. The van der Waals surface area contributed by atoms with Gasteiger partial charge in [-0.1, -0.05) is 33.3 Å². The molecule has 4 heterocycles. The van der Waals surface area contributed by atoms with Crippen molar-refractivity contribution in [3.8, 4) is 5.75 Å². The number of aliphatic hydroxyl groups is 1. The van der Waals surface area contributed by atoms with E-state index in [9.17, 15) is 19.5 Å². The summed E-state index contributed by atoms with van der Waals surface area (Å²) in [4.78, 5) is 42.7. The molecule has 3 fully saturated rings. The van der Waals surface area contributed by atoms with Crippen LogP contribution in [0, 0.1) is 11.8 Å². The maximum Gasteiger partial charge on any atom is 0.247 e. The Morgan fingerprint density at radius 3 is 2.71 bits per heavy atom. The molecule has 12 nitrogen and oxygen atoms in total. The number of aromatic nitrogens is 3. The van der Waals surface area contributed by atoms with Crippen LogP contribution in [0.25, 0.3) is 11.0 Å². The van der Waals surface area contributed by atoms with Crippen LogP contribution in [0.4, 0.5) is 5.69 Å². The van der Waals surface area contributed by atoms with Crippen LogP contribution in [0.5, 0.6) is 5.75 Å². The van der Waals surface area contributed by atoms with E-state index in [-0.39, 0.29) is 29.9 Å². The Hall–Kier alpha value is -3.55. The van der Waals surface area contributed by atoms with Gasteiger partial charge in [0, 0.05) is 10.5 Å². The number of alkyl halides is 1. The molecule has 3 aliphatic heterocycles. The summed E-state index contributed by atoms with van der Waals surface area (Å²) in [5, 5.41) is 24.1. The molecule has 2 aromatic carbocycles. The van der Waals surface area contributed by atoms with Crippen molar-refractivity contribution < 1.29 is 29.0 Å². The summed E-state index contributed by atoms with van der Waals surface area (Å²) in [6.45, 7) is 3.76. The molecule has 1 spiro atoms. The van der Waals surface area contributed by atoms with Gasteiger partial charge in [-0.2, -0.15) is 0 Å². The minimum absolute atomic E-state index is 0.0228. The van der Waals surface area contributed by atoms with Crippen LogP contribution in [0.1, 0.15) is 20.3 Å². The fourth-order valence-electron chi connectivity index (χ4n) is 6.54. The third-order valence-corrected chi connectivity index (χ3v) is 9.12. The highest BCUT2D eigenvalue weighted by Gasteiger charge is 2.76. The van der Waals surface area contributed by atoms with E-state index in [1.165, 1.54) is 4.90 Å². The van der Waals surface area contributed by atoms with Gasteiger partial charge in [0.25, 0.3) is 0 Å². The Morgan fingerprint density at radius 2 is 1.98 bits per heavy atom. The minimum atomic E-state index is -1.24. The van der Waals surface area contributed by atoms with Crippen molar-refractivity contribution in [1.29, 1.82) is 0 Å². The molecule has 3 saturated heterocycles. The van der Waals surface area contributed by atoms with Crippen LogP contribution in [0.2, 0.25) is 0 Å². The van der Waals surface area contributed by atoms with Gasteiger partial charge in [0.05, 0.1) is 42.7 Å². The van der Waals surface area contributed by atoms with Crippen molar-refractivity contribution in [1.82, 2.24) is 25.2 Å². The van der Waals surface area contributed by atoms with Crippen molar-refractivity contribution in [2.75, 3.05) is 18.5 Å². The van der Waals surface area contributed by atoms with Crippen LogP contribution >= 0.6 is 15.9 Å². The van der Waals surface area contributed by atoms with E-state index < -0.39 is 41.5 Å². The monoisotopic (exact) mass is 626 g/mol. The molecule has 3 aliphatic rings. The van der Waals surface area contributed by atoms with Crippen molar-refractivity contribution in [2.24, 2.45) is 11.8 Å². The number of para-hydroxylation sites is 1. The number of fused-ring (bicyclic) bond motifs is 2. The maximum atomic E-state index is 14.0. The van der Waals surface area contributed by atoms with Crippen LogP contribution in [-0.4, -0.2) is 84.6 Å². The molecule has 0 radical (unpaired) electrons. The van der Waals surface area contributed by atoms with Crippen molar-refractivity contribution in [3.05, 3.63) is 48.5 Å². The molecule has 3 aromatic rings. The number of amides is 3. The Bertz CT molecular complexity index is 1480. The molecule has 7 atom stereocenters. The minimum Gasteiger partial charge on any atom is -0.494 e. The van der Waals surface area contributed by atoms with E-state index >= 15 is 0 Å². The average Bonchev–Trinajstić information content (AvgIpc) is 3.69. The molecule has 0 saturated carbocycles. The lowest BCUT2D eigenvalue weighted by Gasteiger charge is -2.35. The molecule has 13 heteroatoms. The predicted octanol–water partition coefficient (Wildman–Crippen LogP) is 1.67. The Labute approximate surface area is 244 Å². The molecule has 41 heavy (non-hydrogen) atoms. The van der Waals surface area contributed by atoms with Crippen LogP contribution in [0.3, 0.4) is 0 Å². The second-order valence-corrected chi connectivity index (χ2v) is 11.8. The zero-order valence-corrected chi connectivity index (χ0v) is 24.2. The van der Waals surface area contributed by atoms with E-state index in [1.807, 2.05) is 31.2 Å². The molecule has 0 aliphatic carbocycles. The smallest absolute Gasteiger partial charge is 0.247 e. The molecule has 6 rings (SSSR count). The molecule has 3 amide bonds.